The summed E-state index contributed by atoms with van der Waals surface area (Å²) in [6, 6.07) is 10.5. The van der Waals surface area contributed by atoms with E-state index in [0.29, 0.717) is 17.3 Å². The molecule has 2 aromatic heterocycles. The van der Waals surface area contributed by atoms with Crippen LogP contribution >= 0.6 is 0 Å². The SMILES string of the molecule is O=S(=O)(NCc1ccnc(-c2ccncc2)c1)c1cccc(C(F)(F)F)c1. The van der Waals surface area contributed by atoms with E-state index in [0.717, 1.165) is 23.8 Å². The van der Waals surface area contributed by atoms with E-state index in [-0.39, 0.29) is 6.54 Å². The molecule has 0 bridgehead atoms. The lowest BCUT2D eigenvalue weighted by atomic mass is 10.1. The summed E-state index contributed by atoms with van der Waals surface area (Å²) in [5, 5.41) is 0. The predicted octanol–water partition coefficient (Wildman–Crippen LogP) is 3.64. The highest BCUT2D eigenvalue weighted by Gasteiger charge is 2.31. The lowest BCUT2D eigenvalue weighted by molar-refractivity contribution is -0.137. The summed E-state index contributed by atoms with van der Waals surface area (Å²) in [5.41, 5.74) is 1.04. The Labute approximate surface area is 154 Å². The van der Waals surface area contributed by atoms with Crippen molar-refractivity contribution in [2.24, 2.45) is 0 Å². The summed E-state index contributed by atoms with van der Waals surface area (Å²) in [5.74, 6) is 0. The zero-order valence-corrected chi connectivity index (χ0v) is 14.6. The molecule has 0 saturated carbocycles. The Morgan fingerprint density at radius 2 is 1.70 bits per heavy atom. The van der Waals surface area contributed by atoms with Gasteiger partial charge in [-0.25, -0.2) is 13.1 Å². The van der Waals surface area contributed by atoms with Gasteiger partial charge < -0.3 is 0 Å². The number of aromatic nitrogens is 2. The minimum Gasteiger partial charge on any atom is -0.265 e. The van der Waals surface area contributed by atoms with Gasteiger partial charge in [0.1, 0.15) is 0 Å². The zero-order valence-electron chi connectivity index (χ0n) is 13.8. The Bertz CT molecular complexity index is 1040. The van der Waals surface area contributed by atoms with Crippen molar-refractivity contribution in [1.82, 2.24) is 14.7 Å². The highest BCUT2D eigenvalue weighted by molar-refractivity contribution is 7.89. The molecule has 0 aliphatic heterocycles. The number of benzene rings is 1. The topological polar surface area (TPSA) is 72.0 Å². The average Bonchev–Trinajstić information content (AvgIpc) is 2.67. The molecule has 0 atom stereocenters. The fourth-order valence-corrected chi connectivity index (χ4v) is 3.43. The third-order valence-corrected chi connectivity index (χ3v) is 5.14. The Balaban J connectivity index is 1.78. The molecule has 1 aromatic carbocycles. The number of rotatable bonds is 5. The van der Waals surface area contributed by atoms with Crippen LogP contribution in [0, 0.1) is 0 Å². The van der Waals surface area contributed by atoms with E-state index in [1.54, 1.807) is 36.7 Å². The van der Waals surface area contributed by atoms with Crippen LogP contribution in [0.2, 0.25) is 0 Å². The molecule has 3 aromatic rings. The van der Waals surface area contributed by atoms with Gasteiger partial charge in [-0.05, 0) is 48.0 Å². The first-order chi connectivity index (χ1) is 12.8. The van der Waals surface area contributed by atoms with Crippen LogP contribution in [-0.4, -0.2) is 18.4 Å². The first-order valence-electron chi connectivity index (χ1n) is 7.78. The molecule has 0 fully saturated rings. The molecule has 0 amide bonds. The number of hydrogen-bond donors (Lipinski definition) is 1. The van der Waals surface area contributed by atoms with Gasteiger partial charge in [0, 0.05) is 30.7 Å². The Morgan fingerprint density at radius 3 is 2.41 bits per heavy atom. The minimum absolute atomic E-state index is 0.0841. The Kier molecular flexibility index (Phi) is 5.24. The zero-order chi connectivity index (χ0) is 19.5. The maximum absolute atomic E-state index is 12.8. The molecule has 140 valence electrons. The number of hydrogen-bond acceptors (Lipinski definition) is 4. The third kappa shape index (κ3) is 4.69. The van der Waals surface area contributed by atoms with Crippen LogP contribution in [0.5, 0.6) is 0 Å². The second-order valence-corrected chi connectivity index (χ2v) is 7.40. The lowest BCUT2D eigenvalue weighted by Crippen LogP contribution is -2.23. The fourth-order valence-electron chi connectivity index (χ4n) is 2.37. The summed E-state index contributed by atoms with van der Waals surface area (Å²) in [6.07, 6.45) is 0.139. The number of nitrogens with one attached hydrogen (secondary N) is 1. The number of alkyl halides is 3. The van der Waals surface area contributed by atoms with Crippen LogP contribution in [0.25, 0.3) is 11.3 Å². The summed E-state index contributed by atoms with van der Waals surface area (Å²) in [7, 11) is -4.10. The van der Waals surface area contributed by atoms with Crippen molar-refractivity contribution >= 4 is 10.0 Å². The normalized spacial score (nSPS) is 12.1. The molecule has 0 saturated heterocycles. The van der Waals surface area contributed by atoms with Crippen molar-refractivity contribution in [1.29, 1.82) is 0 Å². The van der Waals surface area contributed by atoms with Crippen molar-refractivity contribution < 1.29 is 21.6 Å². The van der Waals surface area contributed by atoms with Crippen molar-refractivity contribution in [3.63, 3.8) is 0 Å². The van der Waals surface area contributed by atoms with Crippen LogP contribution < -0.4 is 4.72 Å². The Morgan fingerprint density at radius 1 is 0.963 bits per heavy atom. The molecule has 0 aliphatic rings. The van der Waals surface area contributed by atoms with Crippen LogP contribution in [0.15, 0.2) is 72.0 Å². The maximum Gasteiger partial charge on any atom is 0.416 e. The van der Waals surface area contributed by atoms with Gasteiger partial charge in [-0.1, -0.05) is 6.07 Å². The standard InChI is InChI=1S/C18H14F3N3O2S/c19-18(20,21)15-2-1-3-16(11-15)27(25,26)24-12-13-4-9-23-17(10-13)14-5-7-22-8-6-14/h1-11,24H,12H2. The second kappa shape index (κ2) is 7.45. The quantitative estimate of drug-likeness (QED) is 0.718. The largest absolute Gasteiger partial charge is 0.416 e. The number of nitrogens with zero attached hydrogens (tertiary/aromatic N) is 2. The second-order valence-electron chi connectivity index (χ2n) is 5.64. The maximum atomic E-state index is 12.8. The van der Waals surface area contributed by atoms with E-state index in [1.165, 1.54) is 6.20 Å². The first kappa shape index (κ1) is 19.0. The summed E-state index contributed by atoms with van der Waals surface area (Å²) in [4.78, 5) is 7.70. The van der Waals surface area contributed by atoms with Crippen LogP contribution in [0.3, 0.4) is 0 Å². The minimum atomic E-state index is -4.62. The summed E-state index contributed by atoms with van der Waals surface area (Å²) < 4.78 is 65.3. The van der Waals surface area contributed by atoms with Crippen molar-refractivity contribution in [3.8, 4) is 11.3 Å². The highest BCUT2D eigenvalue weighted by Crippen LogP contribution is 2.30. The van der Waals surface area contributed by atoms with E-state index in [1.807, 2.05) is 0 Å². The molecule has 5 nitrogen and oxygen atoms in total. The van der Waals surface area contributed by atoms with Gasteiger partial charge >= 0.3 is 6.18 Å². The molecule has 3 rings (SSSR count). The molecule has 0 aliphatic carbocycles. The van der Waals surface area contributed by atoms with Gasteiger partial charge in [0.2, 0.25) is 10.0 Å². The molecule has 2 heterocycles. The van der Waals surface area contributed by atoms with Gasteiger partial charge in [-0.2, -0.15) is 13.2 Å². The van der Waals surface area contributed by atoms with Gasteiger partial charge in [0.15, 0.2) is 0 Å². The van der Waals surface area contributed by atoms with Gasteiger partial charge in [0.25, 0.3) is 0 Å². The highest BCUT2D eigenvalue weighted by atomic mass is 32.2. The number of sulfonamides is 1. The molecule has 9 heteroatoms. The first-order valence-corrected chi connectivity index (χ1v) is 9.26. The molecule has 0 spiro atoms. The Hall–Kier alpha value is -2.78. The van der Waals surface area contributed by atoms with Crippen molar-refractivity contribution in [2.45, 2.75) is 17.6 Å². The molecule has 1 N–H and O–H groups in total. The van der Waals surface area contributed by atoms with Crippen LogP contribution in [0.4, 0.5) is 13.2 Å². The van der Waals surface area contributed by atoms with Crippen LogP contribution in [0.1, 0.15) is 11.1 Å². The van der Waals surface area contributed by atoms with Gasteiger partial charge in [-0.15, -0.1) is 0 Å². The van der Waals surface area contributed by atoms with E-state index in [2.05, 4.69) is 14.7 Å². The average molecular weight is 393 g/mol. The van der Waals surface area contributed by atoms with Crippen molar-refractivity contribution in [2.75, 3.05) is 0 Å². The monoisotopic (exact) mass is 393 g/mol. The van der Waals surface area contributed by atoms with E-state index in [4.69, 9.17) is 0 Å². The fraction of sp³-hybridized carbons (Fsp3) is 0.111. The molecule has 27 heavy (non-hydrogen) atoms. The summed E-state index contributed by atoms with van der Waals surface area (Å²) >= 11 is 0. The third-order valence-electron chi connectivity index (χ3n) is 3.74. The van der Waals surface area contributed by atoms with E-state index in [9.17, 15) is 21.6 Å². The predicted molar refractivity (Wildman–Crippen MR) is 92.9 cm³/mol. The molecule has 0 unspecified atom stereocenters. The van der Waals surface area contributed by atoms with Gasteiger partial charge in [-0.3, -0.25) is 9.97 Å². The number of pyridine rings is 2. The lowest BCUT2D eigenvalue weighted by Gasteiger charge is -2.11. The van der Waals surface area contributed by atoms with Crippen LogP contribution in [-0.2, 0) is 22.7 Å². The van der Waals surface area contributed by atoms with E-state index >= 15 is 0 Å². The van der Waals surface area contributed by atoms with E-state index < -0.39 is 26.7 Å². The molecule has 0 radical (unpaired) electrons. The van der Waals surface area contributed by atoms with Crippen molar-refractivity contribution in [3.05, 3.63) is 78.2 Å². The molecular weight excluding hydrogens is 379 g/mol. The molecular formula is C18H14F3N3O2S. The smallest absolute Gasteiger partial charge is 0.265 e. The number of halogens is 3. The summed E-state index contributed by atoms with van der Waals surface area (Å²) in [6.45, 7) is -0.0841. The van der Waals surface area contributed by atoms with Gasteiger partial charge in [0.05, 0.1) is 16.2 Å².